The van der Waals surface area contributed by atoms with Gasteiger partial charge in [-0.2, -0.15) is 70.2 Å². The smallest absolute Gasteiger partial charge is 0.408 e. The largest absolute Gasteiger partial charge is 0.483 e. The predicted octanol–water partition coefficient (Wildman–Crippen LogP) is 5.39. The van der Waals surface area contributed by atoms with Gasteiger partial charge in [0.1, 0.15) is 0 Å². The second kappa shape index (κ2) is 6.09. The molecule has 0 aliphatic carbocycles. The average Bonchev–Trinajstić information content (AvgIpc) is 2.68. The molecule has 0 amide bonds. The minimum atomic E-state index is -7.93. The van der Waals surface area contributed by atoms with Gasteiger partial charge < -0.3 is 9.47 Å². The van der Waals surface area contributed by atoms with Crippen LogP contribution in [-0.4, -0.2) is 42.2 Å². The third-order valence-electron chi connectivity index (χ3n) is 2.73. The first-order chi connectivity index (χ1) is 12.0. The summed E-state index contributed by atoms with van der Waals surface area (Å²) in [5, 5.41) is 0. The van der Waals surface area contributed by atoms with Crippen LogP contribution in [0.15, 0.2) is 12.0 Å². The highest BCUT2D eigenvalue weighted by molar-refractivity contribution is 5.03. The standard InChI is InChI=1S/C9F16O3/c10-1(11)2-26-5(16,8(22,23)27-2)9(24,25)28-7(20,21)4(14,15)3(12,13)6(17,18)19. The number of hydrogen-bond donors (Lipinski definition) is 0. The van der Waals surface area contributed by atoms with Gasteiger partial charge in [0.15, 0.2) is 0 Å². The van der Waals surface area contributed by atoms with Crippen LogP contribution in [-0.2, 0) is 14.2 Å². The summed E-state index contributed by atoms with van der Waals surface area (Å²) < 4.78 is 209. The molecule has 19 heteroatoms. The molecule has 0 N–H and O–H groups in total. The van der Waals surface area contributed by atoms with E-state index >= 15 is 0 Å². The lowest BCUT2D eigenvalue weighted by molar-refractivity contribution is -0.520. The van der Waals surface area contributed by atoms with Crippen molar-refractivity contribution < 1.29 is 84.5 Å². The predicted molar refractivity (Wildman–Crippen MR) is 47.1 cm³/mol. The normalized spacial score (nSPS) is 24.1. The lowest BCUT2D eigenvalue weighted by Crippen LogP contribution is -2.66. The Bertz CT molecular complexity index is 646. The van der Waals surface area contributed by atoms with Crippen molar-refractivity contribution in [1.82, 2.24) is 0 Å². The maximum atomic E-state index is 13.6. The molecule has 28 heavy (non-hydrogen) atoms. The Labute approximate surface area is 140 Å². The molecule has 0 radical (unpaired) electrons. The van der Waals surface area contributed by atoms with E-state index in [9.17, 15) is 70.2 Å². The molecular weight excluding hydrogens is 460 g/mol. The van der Waals surface area contributed by atoms with Gasteiger partial charge in [-0.25, -0.2) is 4.74 Å². The van der Waals surface area contributed by atoms with Crippen molar-refractivity contribution >= 4 is 0 Å². The summed E-state index contributed by atoms with van der Waals surface area (Å²) in [5.74, 6) is -25.4. The fourth-order valence-corrected chi connectivity index (χ4v) is 1.35. The molecule has 1 unspecified atom stereocenters. The van der Waals surface area contributed by atoms with E-state index in [1.54, 1.807) is 0 Å². The third-order valence-corrected chi connectivity index (χ3v) is 2.73. The van der Waals surface area contributed by atoms with Gasteiger partial charge in [-0.3, -0.25) is 0 Å². The van der Waals surface area contributed by atoms with Crippen LogP contribution in [0.1, 0.15) is 0 Å². The number of alkyl halides is 14. The molecule has 166 valence electrons. The fraction of sp³-hybridized carbons (Fsp3) is 0.778. The average molecular weight is 460 g/mol. The zero-order valence-electron chi connectivity index (χ0n) is 11.8. The Morgan fingerprint density at radius 2 is 1.14 bits per heavy atom. The number of hydrogen-bond acceptors (Lipinski definition) is 3. The molecule has 1 fully saturated rings. The van der Waals surface area contributed by atoms with Crippen LogP contribution in [0.2, 0.25) is 0 Å². The molecule has 1 saturated heterocycles. The minimum Gasteiger partial charge on any atom is -0.408 e. The van der Waals surface area contributed by atoms with Crippen LogP contribution in [0, 0.1) is 0 Å². The highest BCUT2D eigenvalue weighted by Crippen LogP contribution is 2.59. The Morgan fingerprint density at radius 3 is 1.46 bits per heavy atom. The van der Waals surface area contributed by atoms with Gasteiger partial charge in [0, 0.05) is 0 Å². The Morgan fingerprint density at radius 1 is 0.714 bits per heavy atom. The second-order valence-corrected chi connectivity index (χ2v) is 4.65. The lowest BCUT2D eigenvalue weighted by atomic mass is 10.1. The number of halogens is 16. The van der Waals surface area contributed by atoms with Crippen molar-refractivity contribution in [1.29, 1.82) is 0 Å². The topological polar surface area (TPSA) is 27.7 Å². The first kappa shape index (κ1) is 24.2. The van der Waals surface area contributed by atoms with Crippen LogP contribution < -0.4 is 0 Å². The minimum absolute atomic E-state index is 1.50. The van der Waals surface area contributed by atoms with E-state index in [1.165, 1.54) is 4.74 Å². The van der Waals surface area contributed by atoms with Gasteiger partial charge in [0.25, 0.3) is 0 Å². The maximum Gasteiger partial charge on any atom is 0.483 e. The number of ether oxygens (including phenoxy) is 3. The van der Waals surface area contributed by atoms with Gasteiger partial charge in [-0.05, 0) is 0 Å². The third kappa shape index (κ3) is 3.25. The molecule has 0 aromatic heterocycles. The van der Waals surface area contributed by atoms with Gasteiger partial charge >= 0.3 is 54.2 Å². The summed E-state index contributed by atoms with van der Waals surface area (Å²) in [6, 6.07) is 0. The molecule has 0 aromatic carbocycles. The van der Waals surface area contributed by atoms with E-state index in [2.05, 4.69) is 9.47 Å². The first-order valence-electron chi connectivity index (χ1n) is 5.75. The summed E-state index contributed by atoms with van der Waals surface area (Å²) in [6.07, 6.45) is -32.5. The van der Waals surface area contributed by atoms with E-state index in [-0.39, 0.29) is 0 Å². The molecule has 1 rings (SSSR count). The van der Waals surface area contributed by atoms with E-state index in [0.717, 1.165) is 0 Å². The molecule has 0 aromatic rings. The molecule has 1 atom stereocenters. The highest BCUT2D eigenvalue weighted by Gasteiger charge is 2.88. The van der Waals surface area contributed by atoms with Crippen molar-refractivity contribution in [3.05, 3.63) is 12.0 Å². The van der Waals surface area contributed by atoms with Gasteiger partial charge in [0.2, 0.25) is 0 Å². The summed E-state index contributed by atoms with van der Waals surface area (Å²) in [6.45, 7) is 0. The van der Waals surface area contributed by atoms with Gasteiger partial charge in [-0.1, -0.05) is 0 Å². The molecular formula is C9F16O3. The van der Waals surface area contributed by atoms with Crippen LogP contribution in [0.25, 0.3) is 0 Å². The summed E-state index contributed by atoms with van der Waals surface area (Å²) in [7, 11) is 0. The molecule has 1 aliphatic rings. The maximum absolute atomic E-state index is 13.6. The quantitative estimate of drug-likeness (QED) is 0.515. The fourth-order valence-electron chi connectivity index (χ4n) is 1.35. The van der Waals surface area contributed by atoms with Crippen LogP contribution >= 0.6 is 0 Å². The second-order valence-electron chi connectivity index (χ2n) is 4.65. The molecule has 0 spiro atoms. The van der Waals surface area contributed by atoms with Gasteiger partial charge in [0.05, 0.1) is 0 Å². The molecule has 0 saturated carbocycles. The van der Waals surface area contributed by atoms with Crippen molar-refractivity contribution in [2.75, 3.05) is 0 Å². The van der Waals surface area contributed by atoms with Crippen LogP contribution in [0.5, 0.6) is 0 Å². The van der Waals surface area contributed by atoms with Gasteiger partial charge in [-0.15, -0.1) is 0 Å². The lowest BCUT2D eigenvalue weighted by Gasteiger charge is -2.36. The Hall–Kier alpha value is -1.82. The SMILES string of the molecule is FC(F)=C1OC(F)(F)C(F)(C(F)(F)OC(F)(F)C(F)(F)C(F)(F)C(F)(F)F)O1. The Balaban J connectivity index is 3.39. The number of rotatable bonds is 5. The van der Waals surface area contributed by atoms with Crippen molar-refractivity contribution in [3.8, 4) is 0 Å². The molecule has 1 heterocycles. The molecule has 3 nitrogen and oxygen atoms in total. The van der Waals surface area contributed by atoms with E-state index in [1.807, 2.05) is 0 Å². The highest BCUT2D eigenvalue weighted by atomic mass is 19.4. The Kier molecular flexibility index (Phi) is 5.26. The summed E-state index contributed by atoms with van der Waals surface area (Å²) >= 11 is 0. The molecule has 0 bridgehead atoms. The van der Waals surface area contributed by atoms with Crippen molar-refractivity contribution in [2.24, 2.45) is 0 Å². The first-order valence-corrected chi connectivity index (χ1v) is 5.75. The van der Waals surface area contributed by atoms with Crippen molar-refractivity contribution in [3.63, 3.8) is 0 Å². The zero-order chi connectivity index (χ0) is 22.8. The monoisotopic (exact) mass is 460 g/mol. The van der Waals surface area contributed by atoms with Crippen LogP contribution in [0.4, 0.5) is 70.2 Å². The summed E-state index contributed by atoms with van der Waals surface area (Å²) in [4.78, 5) is 0. The van der Waals surface area contributed by atoms with E-state index < -0.39 is 54.2 Å². The van der Waals surface area contributed by atoms with E-state index in [4.69, 9.17) is 0 Å². The molecule has 1 aliphatic heterocycles. The zero-order valence-corrected chi connectivity index (χ0v) is 11.8. The summed E-state index contributed by atoms with van der Waals surface area (Å²) in [5.41, 5.74) is 0. The van der Waals surface area contributed by atoms with Crippen LogP contribution in [0.3, 0.4) is 0 Å². The van der Waals surface area contributed by atoms with E-state index in [0.29, 0.717) is 0 Å². The van der Waals surface area contributed by atoms with Crippen molar-refractivity contribution in [2.45, 2.75) is 42.2 Å².